The molecule has 0 saturated carbocycles. The zero-order valence-electron chi connectivity index (χ0n) is 7.79. The predicted octanol–water partition coefficient (Wildman–Crippen LogP) is 3.14. The van der Waals surface area contributed by atoms with E-state index in [0.717, 1.165) is 4.47 Å². The number of nitrogens with zero attached hydrogens (tertiary/aromatic N) is 2. The molecule has 2 aromatic rings. The highest BCUT2D eigenvalue weighted by atomic mass is 79.9. The van der Waals surface area contributed by atoms with Gasteiger partial charge in [-0.25, -0.2) is 4.39 Å². The van der Waals surface area contributed by atoms with Crippen molar-refractivity contribution in [3.05, 3.63) is 39.1 Å². The first kappa shape index (κ1) is 10.5. The van der Waals surface area contributed by atoms with Crippen LogP contribution in [-0.4, -0.2) is 14.8 Å². The molecule has 78 valence electrons. The van der Waals surface area contributed by atoms with Crippen molar-refractivity contribution < 1.29 is 4.39 Å². The third-order valence-corrected chi connectivity index (χ3v) is 2.93. The Kier molecular flexibility index (Phi) is 2.70. The zero-order chi connectivity index (χ0) is 11.0. The van der Waals surface area contributed by atoms with Crippen LogP contribution in [-0.2, 0) is 0 Å². The summed E-state index contributed by atoms with van der Waals surface area (Å²) in [7, 11) is 0. The Morgan fingerprint density at radius 3 is 2.87 bits per heavy atom. The van der Waals surface area contributed by atoms with Crippen molar-refractivity contribution in [2.45, 2.75) is 6.92 Å². The van der Waals surface area contributed by atoms with E-state index in [0.29, 0.717) is 16.3 Å². The van der Waals surface area contributed by atoms with E-state index < -0.39 is 0 Å². The third kappa shape index (κ3) is 1.87. The van der Waals surface area contributed by atoms with Crippen molar-refractivity contribution in [1.29, 1.82) is 0 Å². The number of nitrogens with one attached hydrogen (secondary N) is 1. The van der Waals surface area contributed by atoms with E-state index in [-0.39, 0.29) is 5.82 Å². The van der Waals surface area contributed by atoms with Gasteiger partial charge in [-0.2, -0.15) is 5.10 Å². The SMILES string of the molecule is Cc1n[nH]c(=S)n1-c1cc(F)ccc1Br. The van der Waals surface area contributed by atoms with E-state index in [2.05, 4.69) is 26.1 Å². The standard InChI is InChI=1S/C9H7BrFN3S/c1-5-12-13-9(15)14(5)8-4-6(11)2-3-7(8)10/h2-4H,1H3,(H,13,15). The van der Waals surface area contributed by atoms with Crippen molar-refractivity contribution in [2.24, 2.45) is 0 Å². The number of hydrogen-bond acceptors (Lipinski definition) is 2. The third-order valence-electron chi connectivity index (χ3n) is 1.99. The van der Waals surface area contributed by atoms with Crippen molar-refractivity contribution in [3.63, 3.8) is 0 Å². The lowest BCUT2D eigenvalue weighted by atomic mass is 10.3. The number of aryl methyl sites for hydroxylation is 1. The van der Waals surface area contributed by atoms with Crippen LogP contribution < -0.4 is 0 Å². The van der Waals surface area contributed by atoms with Crippen molar-refractivity contribution in [3.8, 4) is 5.69 Å². The Morgan fingerprint density at radius 2 is 2.27 bits per heavy atom. The first-order valence-corrected chi connectivity index (χ1v) is 5.39. The molecule has 0 spiro atoms. The highest BCUT2D eigenvalue weighted by Gasteiger charge is 2.08. The van der Waals surface area contributed by atoms with Gasteiger partial charge in [0.1, 0.15) is 11.6 Å². The molecule has 0 aliphatic rings. The summed E-state index contributed by atoms with van der Waals surface area (Å²) in [5.74, 6) is 0.377. The first-order chi connectivity index (χ1) is 7.09. The Bertz CT molecular complexity index is 561. The average Bonchev–Trinajstić information content (AvgIpc) is 2.51. The largest absolute Gasteiger partial charge is 0.271 e. The zero-order valence-corrected chi connectivity index (χ0v) is 10.2. The molecule has 3 nitrogen and oxygen atoms in total. The van der Waals surface area contributed by atoms with Gasteiger partial charge in [0.25, 0.3) is 0 Å². The number of aromatic nitrogens is 3. The summed E-state index contributed by atoms with van der Waals surface area (Å²) in [6.07, 6.45) is 0. The molecule has 0 atom stereocenters. The van der Waals surface area contributed by atoms with Gasteiger partial charge in [0.05, 0.1) is 5.69 Å². The van der Waals surface area contributed by atoms with E-state index in [9.17, 15) is 4.39 Å². The Balaban J connectivity index is 2.74. The lowest BCUT2D eigenvalue weighted by Crippen LogP contribution is -1.98. The molecule has 0 aliphatic carbocycles. The quantitative estimate of drug-likeness (QED) is 0.818. The number of aromatic amines is 1. The second-order valence-corrected chi connectivity index (χ2v) is 4.25. The number of hydrogen-bond donors (Lipinski definition) is 1. The molecule has 0 unspecified atom stereocenters. The molecule has 1 N–H and O–H groups in total. The maximum absolute atomic E-state index is 13.1. The van der Waals surface area contributed by atoms with Gasteiger partial charge < -0.3 is 0 Å². The highest BCUT2D eigenvalue weighted by molar-refractivity contribution is 9.10. The normalized spacial score (nSPS) is 10.6. The summed E-state index contributed by atoms with van der Waals surface area (Å²) < 4.78 is 16.0. The average molecular weight is 288 g/mol. The summed E-state index contributed by atoms with van der Waals surface area (Å²) in [5.41, 5.74) is 0.645. The Hall–Kier alpha value is -1.01. The van der Waals surface area contributed by atoms with Crippen LogP contribution in [0.25, 0.3) is 5.69 Å². The van der Waals surface area contributed by atoms with E-state index in [1.165, 1.54) is 12.1 Å². The van der Waals surface area contributed by atoms with Crippen molar-refractivity contribution in [2.75, 3.05) is 0 Å². The molecular weight excluding hydrogens is 281 g/mol. The smallest absolute Gasteiger partial charge is 0.199 e. The van der Waals surface area contributed by atoms with E-state index in [1.807, 2.05) is 0 Å². The van der Waals surface area contributed by atoms with Crippen LogP contribution in [0.3, 0.4) is 0 Å². The second-order valence-electron chi connectivity index (χ2n) is 3.01. The van der Waals surface area contributed by atoms with E-state index in [4.69, 9.17) is 12.2 Å². The molecular formula is C9H7BrFN3S. The Labute approximate surface area is 99.1 Å². The minimum Gasteiger partial charge on any atom is -0.271 e. The van der Waals surface area contributed by atoms with Crippen LogP contribution in [0, 0.1) is 17.5 Å². The van der Waals surface area contributed by atoms with E-state index >= 15 is 0 Å². The molecule has 15 heavy (non-hydrogen) atoms. The van der Waals surface area contributed by atoms with Gasteiger partial charge in [0, 0.05) is 4.47 Å². The van der Waals surface area contributed by atoms with Crippen LogP contribution in [0.2, 0.25) is 0 Å². The van der Waals surface area contributed by atoms with Gasteiger partial charge in [0.2, 0.25) is 0 Å². The van der Waals surface area contributed by atoms with Gasteiger partial charge in [-0.1, -0.05) is 0 Å². The van der Waals surface area contributed by atoms with Gasteiger partial charge in [-0.05, 0) is 53.3 Å². The first-order valence-electron chi connectivity index (χ1n) is 4.19. The van der Waals surface area contributed by atoms with Crippen LogP contribution in [0.15, 0.2) is 22.7 Å². The van der Waals surface area contributed by atoms with Gasteiger partial charge in [-0.3, -0.25) is 9.67 Å². The summed E-state index contributed by atoms with van der Waals surface area (Å²) in [6, 6.07) is 4.42. The molecule has 0 amide bonds. The maximum Gasteiger partial charge on any atom is 0.199 e. The molecule has 0 radical (unpaired) electrons. The fourth-order valence-corrected chi connectivity index (χ4v) is 2.02. The van der Waals surface area contributed by atoms with Crippen molar-refractivity contribution in [1.82, 2.24) is 14.8 Å². The molecule has 0 aliphatic heterocycles. The molecule has 0 saturated heterocycles. The number of rotatable bonds is 1. The number of H-pyrrole nitrogens is 1. The van der Waals surface area contributed by atoms with Crippen molar-refractivity contribution >= 4 is 28.1 Å². The van der Waals surface area contributed by atoms with E-state index in [1.54, 1.807) is 17.6 Å². The van der Waals surface area contributed by atoms with Crippen LogP contribution in [0.1, 0.15) is 5.82 Å². The van der Waals surface area contributed by atoms with Crippen LogP contribution in [0.5, 0.6) is 0 Å². The minimum absolute atomic E-state index is 0.310. The fraction of sp³-hybridized carbons (Fsp3) is 0.111. The fourth-order valence-electron chi connectivity index (χ4n) is 1.32. The molecule has 6 heteroatoms. The molecule has 0 bridgehead atoms. The highest BCUT2D eigenvalue weighted by Crippen LogP contribution is 2.22. The minimum atomic E-state index is -0.310. The summed E-state index contributed by atoms with van der Waals surface area (Å²) in [5, 5.41) is 6.62. The maximum atomic E-state index is 13.1. The van der Waals surface area contributed by atoms with Gasteiger partial charge >= 0.3 is 0 Å². The number of halogens is 2. The second kappa shape index (κ2) is 3.86. The summed E-state index contributed by atoms with van der Waals surface area (Å²) in [4.78, 5) is 0. The lowest BCUT2D eigenvalue weighted by Gasteiger charge is -2.06. The number of benzene rings is 1. The molecule has 1 aromatic carbocycles. The summed E-state index contributed by atoms with van der Waals surface area (Å²) in [6.45, 7) is 1.80. The van der Waals surface area contributed by atoms with Crippen LogP contribution in [0.4, 0.5) is 4.39 Å². The van der Waals surface area contributed by atoms with Crippen LogP contribution >= 0.6 is 28.1 Å². The molecule has 2 rings (SSSR count). The van der Waals surface area contributed by atoms with Gasteiger partial charge in [-0.15, -0.1) is 0 Å². The molecule has 1 heterocycles. The van der Waals surface area contributed by atoms with Gasteiger partial charge in [0.15, 0.2) is 4.77 Å². The summed E-state index contributed by atoms with van der Waals surface area (Å²) >= 11 is 8.40. The monoisotopic (exact) mass is 287 g/mol. The molecule has 0 fully saturated rings. The Morgan fingerprint density at radius 1 is 1.53 bits per heavy atom. The predicted molar refractivity (Wildman–Crippen MR) is 61.1 cm³/mol. The topological polar surface area (TPSA) is 33.6 Å². The lowest BCUT2D eigenvalue weighted by molar-refractivity contribution is 0.626. The molecule has 1 aromatic heterocycles.